The highest BCUT2D eigenvalue weighted by molar-refractivity contribution is 8.00. The Morgan fingerprint density at radius 3 is 2.89 bits per heavy atom. The van der Waals surface area contributed by atoms with Gasteiger partial charge >= 0.3 is 5.97 Å². The van der Waals surface area contributed by atoms with Crippen LogP contribution in [0.2, 0.25) is 0 Å². The molecule has 8 heteroatoms. The van der Waals surface area contributed by atoms with Crippen molar-refractivity contribution in [1.82, 2.24) is 4.90 Å². The summed E-state index contributed by atoms with van der Waals surface area (Å²) in [5.74, 6) is -0.615. The highest BCUT2D eigenvalue weighted by Gasteiger charge is 2.51. The number of halogens is 2. The molecule has 0 saturated carbocycles. The van der Waals surface area contributed by atoms with E-state index in [-0.39, 0.29) is 29.4 Å². The van der Waals surface area contributed by atoms with Crippen LogP contribution in [0.25, 0.3) is 0 Å². The summed E-state index contributed by atoms with van der Waals surface area (Å²) in [4.78, 5) is 24.0. The predicted molar refractivity (Wildman–Crippen MR) is 72.8 cm³/mol. The van der Waals surface area contributed by atoms with Crippen molar-refractivity contribution in [3.05, 3.63) is 23.4 Å². The van der Waals surface area contributed by atoms with Gasteiger partial charge in [0.05, 0.1) is 0 Å². The summed E-state index contributed by atoms with van der Waals surface area (Å²) >= 11 is 6.98. The molecule has 2 heterocycles. The van der Waals surface area contributed by atoms with Crippen molar-refractivity contribution >= 4 is 47.6 Å². The van der Waals surface area contributed by atoms with Crippen LogP contribution < -0.4 is 5.73 Å². The van der Waals surface area contributed by atoms with Gasteiger partial charge in [-0.3, -0.25) is 9.69 Å². The monoisotopic (exact) mass is 310 g/mol. The molecule has 0 bridgehead atoms. The molecule has 2 aliphatic heterocycles. The third-order valence-electron chi connectivity index (χ3n) is 2.65. The molecule has 3 N–H and O–H groups in total. The van der Waals surface area contributed by atoms with E-state index in [1.54, 1.807) is 12.2 Å². The van der Waals surface area contributed by atoms with Crippen molar-refractivity contribution in [2.24, 2.45) is 5.73 Å². The number of carboxylic acids is 1. The zero-order valence-electron chi connectivity index (χ0n) is 9.21. The van der Waals surface area contributed by atoms with E-state index in [2.05, 4.69) is 0 Å². The summed E-state index contributed by atoms with van der Waals surface area (Å²) in [5.41, 5.74) is 6.24. The lowest BCUT2D eigenvalue weighted by Crippen LogP contribution is -2.68. The number of allylic oxidation sites excluding steroid dienone is 2. The fourth-order valence-electron chi connectivity index (χ4n) is 1.85. The number of amides is 1. The Bertz CT molecular complexity index is 439. The molecule has 0 aromatic heterocycles. The van der Waals surface area contributed by atoms with Crippen LogP contribution in [0.1, 0.15) is 0 Å². The van der Waals surface area contributed by atoms with E-state index in [0.717, 1.165) is 0 Å². The number of carbonyl (C=O) groups is 2. The van der Waals surface area contributed by atoms with Gasteiger partial charge in [-0.05, 0) is 5.57 Å². The summed E-state index contributed by atoms with van der Waals surface area (Å²) in [6.45, 7) is 0. The summed E-state index contributed by atoms with van der Waals surface area (Å²) in [5, 5.41) is 8.92. The minimum absolute atomic E-state index is 0. The van der Waals surface area contributed by atoms with Crippen molar-refractivity contribution in [1.29, 1.82) is 0 Å². The SMILES string of the molecule is Cl.NC1C(=O)N2C(C(=O)O)=C(/C=C\CCl)CS[C@H]12. The van der Waals surface area contributed by atoms with Gasteiger partial charge in [0, 0.05) is 11.6 Å². The van der Waals surface area contributed by atoms with Crippen molar-refractivity contribution in [3.8, 4) is 0 Å². The molecule has 2 atom stereocenters. The summed E-state index contributed by atoms with van der Waals surface area (Å²) in [7, 11) is 0. The number of fused-ring (bicyclic) bond motifs is 1. The average Bonchev–Trinajstić information content (AvgIpc) is 2.33. The predicted octanol–water partition coefficient (Wildman–Crippen LogP) is 0.784. The highest BCUT2D eigenvalue weighted by Crippen LogP contribution is 2.39. The third-order valence-corrected chi connectivity index (χ3v) is 4.15. The lowest BCUT2D eigenvalue weighted by molar-refractivity contribution is -0.147. The van der Waals surface area contributed by atoms with Crippen LogP contribution in [0.4, 0.5) is 0 Å². The molecule has 1 amide bonds. The Morgan fingerprint density at radius 2 is 2.33 bits per heavy atom. The fraction of sp³-hybridized carbons (Fsp3) is 0.400. The number of alkyl halides is 1. The lowest BCUT2D eigenvalue weighted by Gasteiger charge is -2.47. The van der Waals surface area contributed by atoms with Gasteiger partial charge < -0.3 is 10.8 Å². The molecule has 2 aliphatic rings. The van der Waals surface area contributed by atoms with Gasteiger partial charge in [-0.15, -0.1) is 35.8 Å². The normalized spacial score (nSPS) is 26.8. The molecule has 0 aromatic rings. The minimum atomic E-state index is -1.11. The molecule has 0 radical (unpaired) electrons. The number of thioether (sulfide) groups is 1. The van der Waals surface area contributed by atoms with Gasteiger partial charge in [0.15, 0.2) is 0 Å². The van der Waals surface area contributed by atoms with Gasteiger partial charge in [-0.1, -0.05) is 12.2 Å². The van der Waals surface area contributed by atoms with E-state index in [1.807, 2.05) is 0 Å². The van der Waals surface area contributed by atoms with E-state index in [9.17, 15) is 9.59 Å². The molecule has 100 valence electrons. The molecule has 2 rings (SSSR count). The molecule has 1 saturated heterocycles. The molecular weight excluding hydrogens is 299 g/mol. The number of hydrogen-bond acceptors (Lipinski definition) is 4. The van der Waals surface area contributed by atoms with Gasteiger partial charge in [-0.25, -0.2) is 4.79 Å². The van der Waals surface area contributed by atoms with E-state index in [0.29, 0.717) is 17.2 Å². The first-order valence-corrected chi connectivity index (χ1v) is 6.55. The number of β-lactam (4-membered cyclic amide) rings is 1. The average molecular weight is 311 g/mol. The lowest BCUT2D eigenvalue weighted by atomic mass is 10.0. The largest absolute Gasteiger partial charge is 0.477 e. The molecule has 1 fully saturated rings. The number of carboxylic acid groups (broad SMARTS) is 1. The van der Waals surface area contributed by atoms with E-state index < -0.39 is 12.0 Å². The Morgan fingerprint density at radius 1 is 1.67 bits per heavy atom. The summed E-state index contributed by atoms with van der Waals surface area (Å²) < 4.78 is 0. The Labute approximate surface area is 119 Å². The number of rotatable bonds is 3. The van der Waals surface area contributed by atoms with Crippen LogP contribution in [0.5, 0.6) is 0 Å². The second-order valence-corrected chi connectivity index (χ2v) is 5.08. The molecule has 18 heavy (non-hydrogen) atoms. The summed E-state index contributed by atoms with van der Waals surface area (Å²) in [6, 6.07) is -0.590. The maximum Gasteiger partial charge on any atom is 0.352 e. The van der Waals surface area contributed by atoms with E-state index >= 15 is 0 Å². The van der Waals surface area contributed by atoms with Crippen LogP contribution >= 0.6 is 35.8 Å². The van der Waals surface area contributed by atoms with Gasteiger partial charge in [0.1, 0.15) is 17.1 Å². The first kappa shape index (κ1) is 15.4. The Balaban J connectivity index is 0.00000162. The summed E-state index contributed by atoms with van der Waals surface area (Å²) in [6.07, 6.45) is 3.31. The first-order valence-electron chi connectivity index (χ1n) is 4.97. The zero-order chi connectivity index (χ0) is 12.6. The fourth-order valence-corrected chi connectivity index (χ4v) is 3.21. The number of nitrogens with two attached hydrogens (primary N) is 1. The number of aliphatic carboxylic acids is 1. The molecule has 5 nitrogen and oxygen atoms in total. The minimum Gasteiger partial charge on any atom is -0.477 e. The standard InChI is InChI=1S/C10H11ClN2O3S.ClH/c11-3-1-2-5-4-17-9-6(12)8(14)13(9)7(5)10(15)16;/h1-2,6,9H,3-4,12H2,(H,15,16);1H/b2-1-;/t6?,9-;/m1./s1. The molecule has 0 spiro atoms. The molecule has 1 unspecified atom stereocenters. The van der Waals surface area contributed by atoms with Crippen LogP contribution in [-0.4, -0.2) is 44.9 Å². The first-order chi connectivity index (χ1) is 8.07. The maximum atomic E-state index is 11.6. The topological polar surface area (TPSA) is 83.6 Å². The van der Waals surface area contributed by atoms with Gasteiger partial charge in [0.2, 0.25) is 5.91 Å². The molecule has 0 aliphatic carbocycles. The number of nitrogens with zero attached hydrogens (tertiary/aromatic N) is 1. The quantitative estimate of drug-likeness (QED) is 0.594. The van der Waals surface area contributed by atoms with Crippen molar-refractivity contribution < 1.29 is 14.7 Å². The van der Waals surface area contributed by atoms with Gasteiger partial charge in [-0.2, -0.15) is 0 Å². The second kappa shape index (κ2) is 5.97. The Kier molecular flexibility index (Phi) is 5.10. The third kappa shape index (κ3) is 2.38. The van der Waals surface area contributed by atoms with Crippen LogP contribution in [0.3, 0.4) is 0 Å². The molecular formula is C10H12Cl2N2O3S. The van der Waals surface area contributed by atoms with Crippen LogP contribution in [-0.2, 0) is 9.59 Å². The highest BCUT2D eigenvalue weighted by atomic mass is 35.5. The van der Waals surface area contributed by atoms with Crippen molar-refractivity contribution in [2.45, 2.75) is 11.4 Å². The zero-order valence-corrected chi connectivity index (χ0v) is 11.6. The van der Waals surface area contributed by atoms with Crippen molar-refractivity contribution in [3.63, 3.8) is 0 Å². The Hall–Kier alpha value is -0.690. The number of carbonyl (C=O) groups excluding carboxylic acids is 1. The van der Waals surface area contributed by atoms with Crippen LogP contribution in [0, 0.1) is 0 Å². The van der Waals surface area contributed by atoms with Gasteiger partial charge in [0.25, 0.3) is 0 Å². The second-order valence-electron chi connectivity index (χ2n) is 3.67. The molecule has 0 aromatic carbocycles. The number of hydrogen-bond donors (Lipinski definition) is 2. The smallest absolute Gasteiger partial charge is 0.352 e. The maximum absolute atomic E-state index is 11.6. The van der Waals surface area contributed by atoms with Crippen molar-refractivity contribution in [2.75, 3.05) is 11.6 Å². The van der Waals surface area contributed by atoms with E-state index in [4.69, 9.17) is 22.4 Å². The van der Waals surface area contributed by atoms with Crippen LogP contribution in [0.15, 0.2) is 23.4 Å². The van der Waals surface area contributed by atoms with E-state index in [1.165, 1.54) is 16.7 Å².